The van der Waals surface area contributed by atoms with E-state index in [1.54, 1.807) is 36.4 Å². The van der Waals surface area contributed by atoms with E-state index < -0.39 is 0 Å². The molecule has 2 aromatic rings. The van der Waals surface area contributed by atoms with Crippen molar-refractivity contribution in [2.75, 3.05) is 23.0 Å². The van der Waals surface area contributed by atoms with Crippen LogP contribution in [0.1, 0.15) is 13.8 Å². The summed E-state index contributed by atoms with van der Waals surface area (Å²) in [4.78, 5) is 30.1. The Hall–Kier alpha value is -2.40. The normalized spacial score (nSPS) is 18.7. The second-order valence-electron chi connectivity index (χ2n) is 6.48. The fraction of sp³-hybridized carbons (Fsp3) is 0.182. The number of thiocarbonyl (C=S) groups is 2. The van der Waals surface area contributed by atoms with Crippen LogP contribution in [0, 0.1) is 0 Å². The number of hydrogen-bond donors (Lipinski definition) is 0. The third-order valence-corrected chi connectivity index (χ3v) is 7.43. The van der Waals surface area contributed by atoms with Crippen LogP contribution >= 0.6 is 48.0 Å². The van der Waals surface area contributed by atoms with Crippen molar-refractivity contribution in [2.45, 2.75) is 13.8 Å². The maximum Gasteiger partial charge on any atom is 0.272 e. The van der Waals surface area contributed by atoms with Crippen molar-refractivity contribution >= 4 is 79.8 Å². The van der Waals surface area contributed by atoms with Gasteiger partial charge in [0.25, 0.3) is 11.8 Å². The van der Waals surface area contributed by atoms with E-state index in [-0.39, 0.29) is 21.6 Å². The van der Waals surface area contributed by atoms with Gasteiger partial charge in [-0.3, -0.25) is 19.4 Å². The molecule has 0 atom stereocenters. The van der Waals surface area contributed by atoms with Gasteiger partial charge in [0.15, 0.2) is 8.64 Å². The molecule has 0 aliphatic carbocycles. The standard InChI is InChI=1S/C22H18N2O4S4/c1-3-27-15-11-7-5-9-13(15)23-19(25)17(31-21(23)29)18-20(26)24(22(30)32-18)14-10-6-8-12-16(14)28-4-2/h5-12H,3-4H2,1-2H3. The number of ether oxygens (including phenoxy) is 2. The molecule has 2 fully saturated rings. The van der Waals surface area contributed by atoms with E-state index in [4.69, 9.17) is 33.9 Å². The van der Waals surface area contributed by atoms with Crippen LogP contribution < -0.4 is 19.3 Å². The Morgan fingerprint density at radius 3 is 1.47 bits per heavy atom. The van der Waals surface area contributed by atoms with E-state index in [1.807, 2.05) is 26.0 Å². The maximum atomic E-state index is 13.4. The summed E-state index contributed by atoms with van der Waals surface area (Å²) in [5.41, 5.74) is 1.09. The summed E-state index contributed by atoms with van der Waals surface area (Å²) in [5, 5.41) is 0. The Bertz CT molecular complexity index is 1070. The molecule has 0 spiro atoms. The zero-order valence-electron chi connectivity index (χ0n) is 17.2. The first kappa shape index (κ1) is 22.8. The van der Waals surface area contributed by atoms with E-state index in [0.29, 0.717) is 44.7 Å². The molecule has 0 aromatic heterocycles. The summed E-state index contributed by atoms with van der Waals surface area (Å²) in [6.45, 7) is 4.63. The van der Waals surface area contributed by atoms with E-state index >= 15 is 0 Å². The molecular formula is C22H18N2O4S4. The highest BCUT2D eigenvalue weighted by Crippen LogP contribution is 2.47. The highest BCUT2D eigenvalue weighted by molar-refractivity contribution is 8.30. The molecule has 4 rings (SSSR count). The molecule has 0 saturated carbocycles. The third-order valence-electron chi connectivity index (χ3n) is 4.56. The molecule has 0 unspecified atom stereocenters. The molecule has 164 valence electrons. The van der Waals surface area contributed by atoms with Crippen LogP contribution in [-0.2, 0) is 9.59 Å². The summed E-state index contributed by atoms with van der Waals surface area (Å²) < 4.78 is 12.0. The summed E-state index contributed by atoms with van der Waals surface area (Å²) >= 11 is 13.2. The predicted octanol–water partition coefficient (Wildman–Crippen LogP) is 5.13. The average Bonchev–Trinajstić information content (AvgIpc) is 3.24. The first-order chi connectivity index (χ1) is 15.5. The first-order valence-corrected chi connectivity index (χ1v) is 12.2. The highest BCUT2D eigenvalue weighted by Gasteiger charge is 2.44. The molecule has 0 N–H and O–H groups in total. The minimum absolute atomic E-state index is 0.259. The smallest absolute Gasteiger partial charge is 0.272 e. The lowest BCUT2D eigenvalue weighted by atomic mass is 10.2. The number of hydrogen-bond acceptors (Lipinski definition) is 8. The van der Waals surface area contributed by atoms with Crippen LogP contribution in [0.5, 0.6) is 11.5 Å². The van der Waals surface area contributed by atoms with Gasteiger partial charge in [0, 0.05) is 0 Å². The molecule has 6 nitrogen and oxygen atoms in total. The van der Waals surface area contributed by atoms with Gasteiger partial charge in [-0.1, -0.05) is 72.2 Å². The largest absolute Gasteiger partial charge is 0.492 e. The number of carbonyl (C=O) groups is 2. The molecule has 0 radical (unpaired) electrons. The van der Waals surface area contributed by atoms with Crippen molar-refractivity contribution in [3.63, 3.8) is 0 Å². The van der Waals surface area contributed by atoms with Crippen LogP contribution in [0.4, 0.5) is 11.4 Å². The third kappa shape index (κ3) is 4.03. The van der Waals surface area contributed by atoms with Gasteiger partial charge in [-0.2, -0.15) is 0 Å². The van der Waals surface area contributed by atoms with Crippen molar-refractivity contribution in [3.8, 4) is 11.5 Å². The lowest BCUT2D eigenvalue weighted by molar-refractivity contribution is -0.115. The average molecular weight is 503 g/mol. The van der Waals surface area contributed by atoms with Crippen molar-refractivity contribution < 1.29 is 19.1 Å². The first-order valence-electron chi connectivity index (χ1n) is 9.78. The molecule has 0 bridgehead atoms. The number of benzene rings is 2. The Balaban J connectivity index is 1.71. The number of nitrogens with zero attached hydrogens (tertiary/aromatic N) is 2. The second-order valence-corrected chi connectivity index (χ2v) is 9.77. The molecule has 2 aliphatic rings. The molecule has 2 aromatic carbocycles. The maximum absolute atomic E-state index is 13.4. The second kappa shape index (κ2) is 9.62. The monoisotopic (exact) mass is 502 g/mol. The number of rotatable bonds is 6. The minimum Gasteiger partial charge on any atom is -0.492 e. The fourth-order valence-corrected chi connectivity index (χ4v) is 5.99. The number of amides is 2. The minimum atomic E-state index is -0.370. The number of thioether (sulfide) groups is 2. The molecular weight excluding hydrogens is 485 g/mol. The molecule has 32 heavy (non-hydrogen) atoms. The Morgan fingerprint density at radius 1 is 0.719 bits per heavy atom. The van der Waals surface area contributed by atoms with Crippen molar-refractivity contribution in [1.82, 2.24) is 0 Å². The predicted molar refractivity (Wildman–Crippen MR) is 138 cm³/mol. The fourth-order valence-electron chi connectivity index (χ4n) is 3.26. The van der Waals surface area contributed by atoms with E-state index in [2.05, 4.69) is 0 Å². The van der Waals surface area contributed by atoms with Gasteiger partial charge in [0.2, 0.25) is 0 Å². The van der Waals surface area contributed by atoms with Crippen molar-refractivity contribution in [3.05, 3.63) is 58.3 Å². The van der Waals surface area contributed by atoms with E-state index in [1.165, 1.54) is 9.80 Å². The van der Waals surface area contributed by atoms with Gasteiger partial charge in [0.1, 0.15) is 11.5 Å². The van der Waals surface area contributed by atoms with Crippen LogP contribution in [0.2, 0.25) is 0 Å². The topological polar surface area (TPSA) is 59.1 Å². The van der Waals surface area contributed by atoms with Crippen LogP contribution in [0.25, 0.3) is 0 Å². The summed E-state index contributed by atoms with van der Waals surface area (Å²) in [7, 11) is 0. The number of anilines is 2. The number of carbonyl (C=O) groups excluding carboxylic acids is 2. The van der Waals surface area contributed by atoms with Crippen molar-refractivity contribution in [1.29, 1.82) is 0 Å². The quantitative estimate of drug-likeness (QED) is 0.398. The van der Waals surface area contributed by atoms with Gasteiger partial charge in [-0.15, -0.1) is 0 Å². The van der Waals surface area contributed by atoms with Gasteiger partial charge in [-0.25, -0.2) is 0 Å². The molecule has 2 amide bonds. The van der Waals surface area contributed by atoms with Gasteiger partial charge in [0.05, 0.1) is 34.4 Å². The van der Waals surface area contributed by atoms with E-state index in [0.717, 1.165) is 23.5 Å². The Kier molecular flexibility index (Phi) is 6.85. The SMILES string of the molecule is CCOc1ccccc1N1C(=O)C(=C2SC(=S)N(c3ccccc3OCC)C2=O)SC1=S. The number of para-hydroxylation sites is 4. The summed E-state index contributed by atoms with van der Waals surface area (Å²) in [5.74, 6) is 0.355. The summed E-state index contributed by atoms with van der Waals surface area (Å²) in [6.07, 6.45) is 0. The van der Waals surface area contributed by atoms with Crippen LogP contribution in [0.3, 0.4) is 0 Å². The molecule has 2 aliphatic heterocycles. The Labute approximate surface area is 204 Å². The zero-order chi connectivity index (χ0) is 22.8. The summed E-state index contributed by atoms with van der Waals surface area (Å²) in [6, 6.07) is 14.4. The van der Waals surface area contributed by atoms with Gasteiger partial charge >= 0.3 is 0 Å². The lowest BCUT2D eigenvalue weighted by Gasteiger charge is -2.18. The Morgan fingerprint density at radius 2 is 1.09 bits per heavy atom. The molecule has 10 heteroatoms. The van der Waals surface area contributed by atoms with Gasteiger partial charge < -0.3 is 9.47 Å². The van der Waals surface area contributed by atoms with Crippen LogP contribution in [0.15, 0.2) is 58.3 Å². The van der Waals surface area contributed by atoms with Crippen molar-refractivity contribution in [2.24, 2.45) is 0 Å². The highest BCUT2D eigenvalue weighted by atomic mass is 32.2. The van der Waals surface area contributed by atoms with Crippen LogP contribution in [-0.4, -0.2) is 33.7 Å². The van der Waals surface area contributed by atoms with Gasteiger partial charge in [-0.05, 0) is 38.1 Å². The molecule has 2 saturated heterocycles. The molecule has 2 heterocycles. The zero-order valence-corrected chi connectivity index (χ0v) is 20.5. The van der Waals surface area contributed by atoms with E-state index in [9.17, 15) is 9.59 Å². The lowest BCUT2D eigenvalue weighted by Crippen LogP contribution is -2.30.